The number of hydrogen-bond donors (Lipinski definition) is 5. The first-order valence-corrected chi connectivity index (χ1v) is 4.96. The van der Waals surface area contributed by atoms with Crippen LogP contribution >= 0.6 is 0 Å². The minimum atomic E-state index is -1.36. The fourth-order valence-corrected chi connectivity index (χ4v) is 1.71. The van der Waals surface area contributed by atoms with E-state index in [9.17, 15) is 15.3 Å². The molecule has 0 bridgehead atoms. The standard InChI is InChI=1S/C9H18O6/c1-4(11)2-5-7(12)9(14)8(13)6(3-10)15-5/h4-14H,2-3H2,1H3/t4?,5-,6+,7+,8+,9+/m0/s1. The Kier molecular flexibility index (Phi) is 4.45. The van der Waals surface area contributed by atoms with Crippen LogP contribution < -0.4 is 0 Å². The first-order chi connectivity index (χ1) is 6.97. The van der Waals surface area contributed by atoms with Crippen molar-refractivity contribution in [2.24, 2.45) is 0 Å². The quantitative estimate of drug-likeness (QED) is 0.364. The van der Waals surface area contributed by atoms with Gasteiger partial charge in [-0.3, -0.25) is 0 Å². The largest absolute Gasteiger partial charge is 0.394 e. The summed E-state index contributed by atoms with van der Waals surface area (Å²) in [6, 6.07) is 0. The molecule has 1 rings (SSSR count). The van der Waals surface area contributed by atoms with Gasteiger partial charge in [0.1, 0.15) is 24.4 Å². The molecule has 1 heterocycles. The molecule has 1 aliphatic rings. The molecule has 0 radical (unpaired) electrons. The molecule has 0 amide bonds. The average molecular weight is 222 g/mol. The highest BCUT2D eigenvalue weighted by Gasteiger charge is 2.43. The van der Waals surface area contributed by atoms with Gasteiger partial charge in [-0.2, -0.15) is 0 Å². The summed E-state index contributed by atoms with van der Waals surface area (Å²) < 4.78 is 5.17. The molecule has 1 saturated heterocycles. The van der Waals surface area contributed by atoms with Crippen molar-refractivity contribution in [3.05, 3.63) is 0 Å². The van der Waals surface area contributed by atoms with E-state index in [1.807, 2.05) is 0 Å². The maximum atomic E-state index is 9.54. The SMILES string of the molecule is CC(O)C[C@@H]1O[C@H](CO)[C@@H](O)[C@H](O)[C@@H]1O. The van der Waals surface area contributed by atoms with E-state index in [0.717, 1.165) is 0 Å². The highest BCUT2D eigenvalue weighted by atomic mass is 16.5. The molecule has 6 atom stereocenters. The summed E-state index contributed by atoms with van der Waals surface area (Å²) in [5.41, 5.74) is 0. The Bertz CT molecular complexity index is 195. The van der Waals surface area contributed by atoms with Crippen molar-refractivity contribution < 1.29 is 30.3 Å². The molecule has 1 unspecified atom stereocenters. The van der Waals surface area contributed by atoms with Crippen molar-refractivity contribution in [2.45, 2.75) is 50.0 Å². The average Bonchev–Trinajstić information content (AvgIpc) is 2.18. The summed E-state index contributed by atoms with van der Waals surface area (Å²) in [6.07, 6.45) is -6.17. The van der Waals surface area contributed by atoms with Gasteiger partial charge in [-0.25, -0.2) is 0 Å². The summed E-state index contributed by atoms with van der Waals surface area (Å²) in [4.78, 5) is 0. The molecule has 1 aliphatic heterocycles. The van der Waals surface area contributed by atoms with Crippen molar-refractivity contribution in [1.29, 1.82) is 0 Å². The molecule has 6 heteroatoms. The summed E-state index contributed by atoms with van der Waals surface area (Å²) in [5, 5.41) is 46.4. The molecule has 90 valence electrons. The van der Waals surface area contributed by atoms with Crippen LogP contribution in [0.4, 0.5) is 0 Å². The van der Waals surface area contributed by atoms with Crippen LogP contribution in [0.15, 0.2) is 0 Å². The third-order valence-electron chi connectivity index (χ3n) is 2.56. The van der Waals surface area contributed by atoms with Gasteiger partial charge in [0, 0.05) is 6.42 Å². The zero-order valence-electron chi connectivity index (χ0n) is 8.52. The highest BCUT2D eigenvalue weighted by Crippen LogP contribution is 2.23. The Balaban J connectivity index is 2.65. The van der Waals surface area contributed by atoms with E-state index in [4.69, 9.17) is 14.9 Å². The van der Waals surface area contributed by atoms with Gasteiger partial charge in [-0.05, 0) is 6.92 Å². The topological polar surface area (TPSA) is 110 Å². The third kappa shape index (κ3) is 2.87. The molecule has 0 spiro atoms. The van der Waals surface area contributed by atoms with E-state index >= 15 is 0 Å². The minimum Gasteiger partial charge on any atom is -0.394 e. The monoisotopic (exact) mass is 222 g/mol. The van der Waals surface area contributed by atoms with Crippen molar-refractivity contribution in [2.75, 3.05) is 6.61 Å². The van der Waals surface area contributed by atoms with Crippen molar-refractivity contribution >= 4 is 0 Å². The number of rotatable bonds is 3. The fraction of sp³-hybridized carbons (Fsp3) is 1.00. The van der Waals surface area contributed by atoms with Crippen LogP contribution in [0.25, 0.3) is 0 Å². The van der Waals surface area contributed by atoms with Gasteiger partial charge in [0.25, 0.3) is 0 Å². The number of hydrogen-bond acceptors (Lipinski definition) is 6. The Morgan fingerprint density at radius 2 is 1.60 bits per heavy atom. The predicted molar refractivity (Wildman–Crippen MR) is 50.1 cm³/mol. The Labute approximate surface area is 87.7 Å². The Morgan fingerprint density at radius 3 is 2.07 bits per heavy atom. The molecule has 15 heavy (non-hydrogen) atoms. The van der Waals surface area contributed by atoms with Gasteiger partial charge >= 0.3 is 0 Å². The fourth-order valence-electron chi connectivity index (χ4n) is 1.71. The summed E-state index contributed by atoms with van der Waals surface area (Å²) >= 11 is 0. The number of aliphatic hydroxyl groups excluding tert-OH is 5. The van der Waals surface area contributed by atoms with E-state index in [0.29, 0.717) is 0 Å². The lowest BCUT2D eigenvalue weighted by molar-refractivity contribution is -0.233. The summed E-state index contributed by atoms with van der Waals surface area (Å²) in [6.45, 7) is 1.09. The van der Waals surface area contributed by atoms with Crippen LogP contribution in [0.2, 0.25) is 0 Å². The van der Waals surface area contributed by atoms with Gasteiger partial charge < -0.3 is 30.3 Å². The molecule has 0 aromatic carbocycles. The highest BCUT2D eigenvalue weighted by molar-refractivity contribution is 4.92. The van der Waals surface area contributed by atoms with Crippen LogP contribution in [0.5, 0.6) is 0 Å². The number of ether oxygens (including phenoxy) is 1. The van der Waals surface area contributed by atoms with Gasteiger partial charge in [-0.15, -0.1) is 0 Å². The first-order valence-electron chi connectivity index (χ1n) is 4.96. The van der Waals surface area contributed by atoms with Crippen LogP contribution in [0.3, 0.4) is 0 Å². The first kappa shape index (κ1) is 12.8. The van der Waals surface area contributed by atoms with E-state index in [-0.39, 0.29) is 6.42 Å². The van der Waals surface area contributed by atoms with E-state index in [1.165, 1.54) is 6.92 Å². The second-order valence-electron chi connectivity index (χ2n) is 3.95. The molecule has 0 saturated carbocycles. The van der Waals surface area contributed by atoms with Crippen LogP contribution in [0, 0.1) is 0 Å². The van der Waals surface area contributed by atoms with Crippen LogP contribution in [-0.4, -0.2) is 68.8 Å². The van der Waals surface area contributed by atoms with E-state index in [1.54, 1.807) is 0 Å². The van der Waals surface area contributed by atoms with Crippen molar-refractivity contribution in [3.8, 4) is 0 Å². The van der Waals surface area contributed by atoms with Gasteiger partial charge in [0.15, 0.2) is 0 Å². The third-order valence-corrected chi connectivity index (χ3v) is 2.56. The van der Waals surface area contributed by atoms with E-state index < -0.39 is 43.2 Å². The molecular formula is C9H18O6. The van der Waals surface area contributed by atoms with Gasteiger partial charge in [0.2, 0.25) is 0 Å². The maximum Gasteiger partial charge on any atom is 0.111 e. The van der Waals surface area contributed by atoms with Gasteiger partial charge in [0.05, 0.1) is 18.8 Å². The van der Waals surface area contributed by atoms with Crippen molar-refractivity contribution in [3.63, 3.8) is 0 Å². The van der Waals surface area contributed by atoms with Crippen molar-refractivity contribution in [1.82, 2.24) is 0 Å². The van der Waals surface area contributed by atoms with E-state index in [2.05, 4.69) is 0 Å². The smallest absolute Gasteiger partial charge is 0.111 e. The normalized spacial score (nSPS) is 44.0. The minimum absolute atomic E-state index is 0.140. The molecule has 0 aliphatic carbocycles. The molecule has 0 aromatic heterocycles. The molecule has 1 fully saturated rings. The maximum absolute atomic E-state index is 9.54. The lowest BCUT2D eigenvalue weighted by Crippen LogP contribution is -2.58. The zero-order valence-corrected chi connectivity index (χ0v) is 8.52. The summed E-state index contributed by atoms with van der Waals surface area (Å²) in [7, 11) is 0. The lowest BCUT2D eigenvalue weighted by Gasteiger charge is -2.40. The number of aliphatic hydroxyl groups is 5. The Morgan fingerprint density at radius 1 is 1.07 bits per heavy atom. The Hall–Kier alpha value is -0.240. The molecule has 0 aromatic rings. The van der Waals surface area contributed by atoms with Crippen LogP contribution in [0.1, 0.15) is 13.3 Å². The lowest BCUT2D eigenvalue weighted by atomic mass is 9.92. The zero-order chi connectivity index (χ0) is 11.6. The molecule has 6 nitrogen and oxygen atoms in total. The predicted octanol–water partition coefficient (Wildman–Crippen LogP) is -2.40. The molecular weight excluding hydrogens is 204 g/mol. The van der Waals surface area contributed by atoms with Gasteiger partial charge in [-0.1, -0.05) is 0 Å². The second kappa shape index (κ2) is 5.20. The van der Waals surface area contributed by atoms with Crippen LogP contribution in [-0.2, 0) is 4.74 Å². The molecule has 5 N–H and O–H groups in total. The summed E-state index contributed by atoms with van der Waals surface area (Å²) in [5.74, 6) is 0. The second-order valence-corrected chi connectivity index (χ2v) is 3.95.